The molecule has 0 amide bonds. The van der Waals surface area contributed by atoms with E-state index in [1.807, 2.05) is 21.1 Å². The molecule has 0 bridgehead atoms. The van der Waals surface area contributed by atoms with Crippen molar-refractivity contribution in [3.8, 4) is 0 Å². The van der Waals surface area contributed by atoms with Crippen LogP contribution in [0, 0.1) is 0 Å². The van der Waals surface area contributed by atoms with Gasteiger partial charge in [0, 0.05) is 12.8 Å². The molecule has 0 aromatic carbocycles. The van der Waals surface area contributed by atoms with Gasteiger partial charge in [0.2, 0.25) is 0 Å². The topological polar surface area (TPSA) is 108 Å². The van der Waals surface area contributed by atoms with Crippen molar-refractivity contribution in [2.24, 2.45) is 0 Å². The van der Waals surface area contributed by atoms with Crippen molar-refractivity contribution in [2.75, 3.05) is 47.5 Å². The Morgan fingerprint density at radius 3 is 0.688 bits per heavy atom. The fraction of sp³-hybridized carbons (Fsp3) is 0.964. The fourth-order valence-corrected chi connectivity index (χ4v) is 13.4. The van der Waals surface area contributed by atoms with Crippen LogP contribution in [-0.4, -0.2) is 87.4 Å². The molecule has 0 rings (SSSR count). The molecule has 0 aromatic rings. The molecule has 1 N–H and O–H groups in total. The SMILES string of the molecule is CCCCCCCCCCCCCCCCCCCCCCCCCCCCCCCCCCCCCCCCCC(=O)OC(COC(=O)CCCCCCCCCCCCCCCCCCCCCCCCCCCCCCC)COC(OCC[N+](C)(C)C)C(=O)O. The molecule has 93 heavy (non-hydrogen) atoms. The summed E-state index contributed by atoms with van der Waals surface area (Å²) < 4.78 is 23.1. The first-order chi connectivity index (χ1) is 45.6. The minimum atomic E-state index is -1.51. The number of quaternary nitrogens is 1. The second-order valence-electron chi connectivity index (χ2n) is 30.5. The van der Waals surface area contributed by atoms with Gasteiger partial charge in [-0.3, -0.25) is 9.59 Å². The summed E-state index contributed by atoms with van der Waals surface area (Å²) in [6.45, 7) is 4.99. The molecule has 0 heterocycles. The van der Waals surface area contributed by atoms with E-state index in [4.69, 9.17) is 18.9 Å². The molecular weight excluding hydrogens is 1150 g/mol. The summed E-state index contributed by atoms with van der Waals surface area (Å²) in [6, 6.07) is 0. The molecule has 0 saturated carbocycles. The number of likely N-dealkylation sites (N-methyl/N-ethyl adjacent to an activating group) is 1. The Balaban J connectivity index is 3.90. The second kappa shape index (κ2) is 76.1. The van der Waals surface area contributed by atoms with Gasteiger partial charge in [-0.15, -0.1) is 0 Å². The predicted octanol–water partition coefficient (Wildman–Crippen LogP) is 26.9. The lowest BCUT2D eigenvalue weighted by atomic mass is 10.0. The van der Waals surface area contributed by atoms with E-state index in [1.54, 1.807) is 0 Å². The summed E-state index contributed by atoms with van der Waals surface area (Å²) in [5.74, 6) is -1.96. The molecule has 2 atom stereocenters. The molecule has 9 heteroatoms. The van der Waals surface area contributed by atoms with E-state index >= 15 is 0 Å². The van der Waals surface area contributed by atoms with Gasteiger partial charge in [0.1, 0.15) is 13.2 Å². The molecule has 0 spiro atoms. The molecular formula is C84H166NO8+. The Morgan fingerprint density at radius 2 is 0.484 bits per heavy atom. The number of ether oxygens (including phenoxy) is 4. The normalized spacial score (nSPS) is 12.5. The van der Waals surface area contributed by atoms with Crippen LogP contribution in [0.25, 0.3) is 0 Å². The largest absolute Gasteiger partial charge is 0.477 e. The maximum atomic E-state index is 13.0. The van der Waals surface area contributed by atoms with Gasteiger partial charge in [-0.1, -0.05) is 438 Å². The average Bonchev–Trinajstić information content (AvgIpc) is 3.38. The monoisotopic (exact) mass is 1320 g/mol. The van der Waals surface area contributed by atoms with Gasteiger partial charge >= 0.3 is 17.9 Å². The first kappa shape index (κ1) is 91.3. The zero-order valence-corrected chi connectivity index (χ0v) is 63.7. The highest BCUT2D eigenvalue weighted by Gasteiger charge is 2.25. The quantitative estimate of drug-likeness (QED) is 0.0278. The highest BCUT2D eigenvalue weighted by molar-refractivity contribution is 5.71. The first-order valence-corrected chi connectivity index (χ1v) is 42.2. The molecule has 0 aliphatic carbocycles. The molecule has 0 saturated heterocycles. The van der Waals surface area contributed by atoms with Crippen LogP contribution in [0.4, 0.5) is 0 Å². The van der Waals surface area contributed by atoms with E-state index in [2.05, 4.69) is 13.8 Å². The minimum absolute atomic E-state index is 0.172. The molecule has 0 aliphatic heterocycles. The summed E-state index contributed by atoms with van der Waals surface area (Å²) in [7, 11) is 6.01. The predicted molar refractivity (Wildman–Crippen MR) is 402 cm³/mol. The zero-order valence-electron chi connectivity index (χ0n) is 63.7. The Labute approximate surface area is 581 Å². The van der Waals surface area contributed by atoms with Crippen LogP contribution in [0.5, 0.6) is 0 Å². The number of aliphatic carboxylic acids is 1. The molecule has 0 aromatic heterocycles. The van der Waals surface area contributed by atoms with Gasteiger partial charge in [0.25, 0.3) is 6.29 Å². The molecule has 0 aliphatic rings. The van der Waals surface area contributed by atoms with Gasteiger partial charge in [0.05, 0.1) is 34.4 Å². The fourth-order valence-electron chi connectivity index (χ4n) is 13.4. The molecule has 0 radical (unpaired) electrons. The van der Waals surface area contributed by atoms with Crippen molar-refractivity contribution in [3.05, 3.63) is 0 Å². The number of carbonyl (C=O) groups is 3. The summed E-state index contributed by atoms with van der Waals surface area (Å²) in [4.78, 5) is 37.7. The summed E-state index contributed by atoms with van der Waals surface area (Å²) >= 11 is 0. The minimum Gasteiger partial charge on any atom is -0.477 e. The number of hydrogen-bond donors (Lipinski definition) is 1. The van der Waals surface area contributed by atoms with E-state index in [1.165, 1.54) is 398 Å². The van der Waals surface area contributed by atoms with E-state index in [0.29, 0.717) is 17.4 Å². The van der Waals surface area contributed by atoms with Crippen molar-refractivity contribution >= 4 is 17.9 Å². The van der Waals surface area contributed by atoms with E-state index in [-0.39, 0.29) is 38.2 Å². The third kappa shape index (κ3) is 77.5. The number of esters is 2. The van der Waals surface area contributed by atoms with E-state index in [0.717, 1.165) is 38.5 Å². The van der Waals surface area contributed by atoms with Crippen LogP contribution in [0.15, 0.2) is 0 Å². The number of nitrogens with zero attached hydrogens (tertiary/aromatic N) is 1. The summed E-state index contributed by atoms with van der Waals surface area (Å²) in [6.07, 6.45) is 91.5. The van der Waals surface area contributed by atoms with Crippen LogP contribution < -0.4 is 0 Å². The maximum absolute atomic E-state index is 13.0. The van der Waals surface area contributed by atoms with Gasteiger partial charge < -0.3 is 28.5 Å². The Bertz CT molecular complexity index is 1480. The third-order valence-electron chi connectivity index (χ3n) is 19.9. The number of carbonyl (C=O) groups excluding carboxylic acids is 2. The highest BCUT2D eigenvalue weighted by Crippen LogP contribution is 2.21. The molecule has 2 unspecified atom stereocenters. The Morgan fingerprint density at radius 1 is 0.280 bits per heavy atom. The highest BCUT2D eigenvalue weighted by atomic mass is 16.7. The Kier molecular flexibility index (Phi) is 74.7. The van der Waals surface area contributed by atoms with E-state index < -0.39 is 18.4 Å². The summed E-state index contributed by atoms with van der Waals surface area (Å²) in [5, 5.41) is 9.78. The average molecular weight is 1320 g/mol. The standard InChI is InChI=1S/C84H165NO8/c1-6-8-10-12-14-16-18-20-22-24-26-28-30-32-34-36-37-38-39-40-41-42-43-44-45-47-49-51-53-55-57-59-61-63-65-67-69-71-73-75-82(87)93-80(79-92-84(83(88)89)90-77-76-85(3,4)5)78-91-81(86)74-72-70-68-66-64-62-60-58-56-54-52-50-48-46-35-33-31-29-27-25-23-21-19-17-15-13-11-9-7-2/h80,84H,6-79H2,1-5H3/p+1. The van der Waals surface area contributed by atoms with Gasteiger partial charge in [-0.25, -0.2) is 4.79 Å². The van der Waals surface area contributed by atoms with Crippen molar-refractivity contribution in [1.29, 1.82) is 0 Å². The number of rotatable bonds is 81. The lowest BCUT2D eigenvalue weighted by Crippen LogP contribution is -2.40. The van der Waals surface area contributed by atoms with Crippen molar-refractivity contribution in [2.45, 2.75) is 476 Å². The van der Waals surface area contributed by atoms with Crippen LogP contribution >= 0.6 is 0 Å². The molecule has 9 nitrogen and oxygen atoms in total. The van der Waals surface area contributed by atoms with Crippen molar-refractivity contribution < 1.29 is 42.9 Å². The van der Waals surface area contributed by atoms with Crippen LogP contribution in [0.3, 0.4) is 0 Å². The maximum Gasteiger partial charge on any atom is 0.361 e. The summed E-state index contributed by atoms with van der Waals surface area (Å²) in [5.41, 5.74) is 0. The first-order valence-electron chi connectivity index (χ1n) is 42.2. The smallest absolute Gasteiger partial charge is 0.361 e. The molecule has 554 valence electrons. The van der Waals surface area contributed by atoms with Crippen LogP contribution in [0.1, 0.15) is 463 Å². The van der Waals surface area contributed by atoms with Crippen LogP contribution in [0.2, 0.25) is 0 Å². The molecule has 0 fully saturated rings. The number of hydrogen-bond acceptors (Lipinski definition) is 7. The number of carboxylic acids is 1. The van der Waals surface area contributed by atoms with Crippen molar-refractivity contribution in [1.82, 2.24) is 0 Å². The Hall–Kier alpha value is -1.71. The lowest BCUT2D eigenvalue weighted by Gasteiger charge is -2.25. The third-order valence-corrected chi connectivity index (χ3v) is 19.9. The van der Waals surface area contributed by atoms with Gasteiger partial charge in [-0.05, 0) is 12.8 Å². The van der Waals surface area contributed by atoms with Gasteiger partial charge in [-0.2, -0.15) is 0 Å². The van der Waals surface area contributed by atoms with E-state index in [9.17, 15) is 19.5 Å². The lowest BCUT2D eigenvalue weighted by molar-refractivity contribution is -0.870. The zero-order chi connectivity index (χ0) is 67.5. The van der Waals surface area contributed by atoms with Crippen LogP contribution in [-0.2, 0) is 33.3 Å². The second-order valence-corrected chi connectivity index (χ2v) is 30.5. The number of carboxylic acid groups (broad SMARTS) is 1. The van der Waals surface area contributed by atoms with Crippen molar-refractivity contribution in [3.63, 3.8) is 0 Å². The number of unbranched alkanes of at least 4 members (excludes halogenated alkanes) is 66. The van der Waals surface area contributed by atoms with Gasteiger partial charge in [0.15, 0.2) is 6.10 Å².